The first-order chi connectivity index (χ1) is 8.17. The second-order valence-electron chi connectivity index (χ2n) is 3.58. The first kappa shape index (κ1) is 11.3. The van der Waals surface area contributed by atoms with Crippen LogP contribution in [-0.4, -0.2) is 17.3 Å². The van der Waals surface area contributed by atoms with Gasteiger partial charge in [0.15, 0.2) is 5.82 Å². The van der Waals surface area contributed by atoms with Crippen LogP contribution in [0.5, 0.6) is 5.75 Å². The van der Waals surface area contributed by atoms with Crippen molar-refractivity contribution in [2.75, 3.05) is 18.2 Å². The molecule has 1 aromatic heterocycles. The van der Waals surface area contributed by atoms with E-state index in [-0.39, 0.29) is 0 Å². The average Bonchev–Trinajstić information content (AvgIpc) is 2.72. The lowest BCUT2D eigenvalue weighted by Gasteiger charge is -2.07. The SMILES string of the molecule is COc1cc(N)cc(NCc2noc(C)n2)c1. The largest absolute Gasteiger partial charge is 0.497 e. The summed E-state index contributed by atoms with van der Waals surface area (Å²) in [5.74, 6) is 1.85. The molecule has 0 atom stereocenters. The van der Waals surface area contributed by atoms with Gasteiger partial charge in [-0.1, -0.05) is 5.16 Å². The normalized spacial score (nSPS) is 10.2. The third-order valence-corrected chi connectivity index (χ3v) is 2.18. The third kappa shape index (κ3) is 2.87. The van der Waals surface area contributed by atoms with E-state index in [1.807, 2.05) is 12.1 Å². The molecule has 2 aromatic rings. The molecular formula is C11H14N4O2. The fourth-order valence-electron chi connectivity index (χ4n) is 1.44. The number of ether oxygens (including phenoxy) is 1. The van der Waals surface area contributed by atoms with Crippen LogP contribution >= 0.6 is 0 Å². The second-order valence-corrected chi connectivity index (χ2v) is 3.58. The first-order valence-electron chi connectivity index (χ1n) is 5.15. The van der Waals surface area contributed by atoms with Gasteiger partial charge in [0.1, 0.15) is 5.75 Å². The molecule has 17 heavy (non-hydrogen) atoms. The Labute approximate surface area is 98.8 Å². The molecule has 0 aliphatic heterocycles. The summed E-state index contributed by atoms with van der Waals surface area (Å²) in [5.41, 5.74) is 7.22. The van der Waals surface area contributed by atoms with E-state index in [9.17, 15) is 0 Å². The van der Waals surface area contributed by atoms with Crippen LogP contribution in [0.15, 0.2) is 22.7 Å². The molecule has 0 spiro atoms. The average molecular weight is 234 g/mol. The van der Waals surface area contributed by atoms with E-state index in [1.54, 1.807) is 20.1 Å². The lowest BCUT2D eigenvalue weighted by Crippen LogP contribution is -2.02. The van der Waals surface area contributed by atoms with Crippen LogP contribution in [-0.2, 0) is 6.54 Å². The Bertz CT molecular complexity index is 510. The van der Waals surface area contributed by atoms with E-state index < -0.39 is 0 Å². The molecule has 0 aliphatic carbocycles. The summed E-state index contributed by atoms with van der Waals surface area (Å²) in [7, 11) is 1.60. The molecule has 6 heteroatoms. The molecule has 0 saturated heterocycles. The Hall–Kier alpha value is -2.24. The van der Waals surface area contributed by atoms with E-state index in [2.05, 4.69) is 15.5 Å². The fourth-order valence-corrected chi connectivity index (χ4v) is 1.44. The van der Waals surface area contributed by atoms with E-state index in [0.717, 1.165) is 5.69 Å². The number of benzene rings is 1. The van der Waals surface area contributed by atoms with Gasteiger partial charge in [0, 0.05) is 30.4 Å². The Morgan fingerprint density at radius 1 is 1.41 bits per heavy atom. The van der Waals surface area contributed by atoms with Gasteiger partial charge in [0.05, 0.1) is 13.7 Å². The van der Waals surface area contributed by atoms with Crippen LogP contribution in [0.4, 0.5) is 11.4 Å². The zero-order valence-corrected chi connectivity index (χ0v) is 9.73. The molecule has 0 saturated carbocycles. The number of nitrogens with zero attached hydrogens (tertiary/aromatic N) is 2. The van der Waals surface area contributed by atoms with Crippen molar-refractivity contribution in [3.05, 3.63) is 29.9 Å². The lowest BCUT2D eigenvalue weighted by molar-refractivity contribution is 0.388. The van der Waals surface area contributed by atoms with Gasteiger partial charge < -0.3 is 20.3 Å². The summed E-state index contributed by atoms with van der Waals surface area (Å²) in [6, 6.07) is 5.42. The van der Waals surface area contributed by atoms with Crippen LogP contribution in [0.25, 0.3) is 0 Å². The Morgan fingerprint density at radius 2 is 2.24 bits per heavy atom. The van der Waals surface area contributed by atoms with Crippen molar-refractivity contribution in [2.24, 2.45) is 0 Å². The number of hydrogen-bond acceptors (Lipinski definition) is 6. The number of methoxy groups -OCH3 is 1. The molecule has 3 N–H and O–H groups in total. The fraction of sp³-hybridized carbons (Fsp3) is 0.273. The molecule has 2 rings (SSSR count). The van der Waals surface area contributed by atoms with Crippen molar-refractivity contribution in [2.45, 2.75) is 13.5 Å². The smallest absolute Gasteiger partial charge is 0.223 e. The predicted octanol–water partition coefficient (Wildman–Crippen LogP) is 1.58. The standard InChI is InChI=1S/C11H14N4O2/c1-7-14-11(15-17-7)6-13-9-3-8(12)4-10(5-9)16-2/h3-5,13H,6,12H2,1-2H3. The summed E-state index contributed by atoms with van der Waals surface area (Å²) < 4.78 is 9.99. The number of hydrogen-bond donors (Lipinski definition) is 2. The quantitative estimate of drug-likeness (QED) is 0.781. The topological polar surface area (TPSA) is 86.2 Å². The van der Waals surface area contributed by atoms with Crippen LogP contribution in [0, 0.1) is 6.92 Å². The van der Waals surface area contributed by atoms with E-state index in [1.165, 1.54) is 0 Å². The number of nitrogen functional groups attached to an aromatic ring is 1. The van der Waals surface area contributed by atoms with Crippen molar-refractivity contribution in [1.29, 1.82) is 0 Å². The van der Waals surface area contributed by atoms with Gasteiger partial charge in [-0.05, 0) is 6.07 Å². The zero-order valence-electron chi connectivity index (χ0n) is 9.73. The maximum atomic E-state index is 5.74. The van der Waals surface area contributed by atoms with Gasteiger partial charge in [-0.3, -0.25) is 0 Å². The van der Waals surface area contributed by atoms with Crippen LogP contribution < -0.4 is 15.8 Å². The van der Waals surface area contributed by atoms with Crippen LogP contribution in [0.1, 0.15) is 11.7 Å². The molecule has 90 valence electrons. The summed E-state index contributed by atoms with van der Waals surface area (Å²) in [6.07, 6.45) is 0. The summed E-state index contributed by atoms with van der Waals surface area (Å²) >= 11 is 0. The number of nitrogens with two attached hydrogens (primary N) is 1. The highest BCUT2D eigenvalue weighted by atomic mass is 16.5. The number of anilines is 2. The lowest BCUT2D eigenvalue weighted by atomic mass is 10.2. The van der Waals surface area contributed by atoms with Gasteiger partial charge in [0.2, 0.25) is 5.89 Å². The van der Waals surface area contributed by atoms with Crippen molar-refractivity contribution < 1.29 is 9.26 Å². The molecule has 1 aromatic carbocycles. The van der Waals surface area contributed by atoms with Gasteiger partial charge >= 0.3 is 0 Å². The monoisotopic (exact) mass is 234 g/mol. The maximum absolute atomic E-state index is 5.74. The van der Waals surface area contributed by atoms with Crippen molar-refractivity contribution in [1.82, 2.24) is 10.1 Å². The summed E-state index contributed by atoms with van der Waals surface area (Å²) in [6.45, 7) is 2.23. The van der Waals surface area contributed by atoms with E-state index in [0.29, 0.717) is 29.7 Å². The predicted molar refractivity (Wildman–Crippen MR) is 63.8 cm³/mol. The molecule has 0 fully saturated rings. The van der Waals surface area contributed by atoms with Crippen LogP contribution in [0.3, 0.4) is 0 Å². The van der Waals surface area contributed by atoms with Crippen molar-refractivity contribution in [3.63, 3.8) is 0 Å². The number of aryl methyl sites for hydroxylation is 1. The highest BCUT2D eigenvalue weighted by Gasteiger charge is 2.03. The minimum atomic E-state index is 0.476. The van der Waals surface area contributed by atoms with E-state index in [4.69, 9.17) is 15.0 Å². The molecule has 0 unspecified atom stereocenters. The van der Waals surface area contributed by atoms with Crippen LogP contribution in [0.2, 0.25) is 0 Å². The molecule has 0 amide bonds. The van der Waals surface area contributed by atoms with E-state index >= 15 is 0 Å². The zero-order chi connectivity index (χ0) is 12.3. The number of aromatic nitrogens is 2. The molecular weight excluding hydrogens is 220 g/mol. The second kappa shape index (κ2) is 4.73. The molecule has 0 radical (unpaired) electrons. The highest BCUT2D eigenvalue weighted by molar-refractivity contribution is 5.59. The Kier molecular flexibility index (Phi) is 3.13. The third-order valence-electron chi connectivity index (χ3n) is 2.18. The van der Waals surface area contributed by atoms with Gasteiger partial charge in [-0.2, -0.15) is 4.98 Å². The van der Waals surface area contributed by atoms with Crippen molar-refractivity contribution >= 4 is 11.4 Å². The summed E-state index contributed by atoms with van der Waals surface area (Å²) in [4.78, 5) is 4.09. The number of rotatable bonds is 4. The van der Waals surface area contributed by atoms with Gasteiger partial charge in [-0.25, -0.2) is 0 Å². The minimum absolute atomic E-state index is 0.476. The molecule has 0 bridgehead atoms. The Morgan fingerprint density at radius 3 is 2.88 bits per heavy atom. The van der Waals surface area contributed by atoms with Crippen molar-refractivity contribution in [3.8, 4) is 5.75 Å². The Balaban J connectivity index is 2.05. The molecule has 0 aliphatic rings. The highest BCUT2D eigenvalue weighted by Crippen LogP contribution is 2.22. The summed E-state index contributed by atoms with van der Waals surface area (Å²) in [5, 5.41) is 6.93. The van der Waals surface area contributed by atoms with Gasteiger partial charge in [-0.15, -0.1) is 0 Å². The number of nitrogens with one attached hydrogen (secondary N) is 1. The first-order valence-corrected chi connectivity index (χ1v) is 5.15. The maximum Gasteiger partial charge on any atom is 0.223 e. The molecule has 1 heterocycles. The minimum Gasteiger partial charge on any atom is -0.497 e. The van der Waals surface area contributed by atoms with Gasteiger partial charge in [0.25, 0.3) is 0 Å². The molecule has 6 nitrogen and oxygen atoms in total.